The molecule has 1 N–H and O–H groups in total. The smallest absolute Gasteiger partial charge is 0.130 e. The van der Waals surface area contributed by atoms with Gasteiger partial charge in [-0.25, -0.2) is 0 Å². The molecule has 0 aromatic carbocycles. The molecule has 0 amide bonds. The molecule has 1 aromatic rings. The van der Waals surface area contributed by atoms with Gasteiger partial charge in [0.05, 0.1) is 13.2 Å². The number of ether oxygens (including phenoxy) is 2. The van der Waals surface area contributed by atoms with Crippen molar-refractivity contribution in [1.82, 2.24) is 5.32 Å². The summed E-state index contributed by atoms with van der Waals surface area (Å²) in [4.78, 5) is 0. The van der Waals surface area contributed by atoms with Gasteiger partial charge in [-0.2, -0.15) is 0 Å². The first-order chi connectivity index (χ1) is 8.77. The van der Waals surface area contributed by atoms with Gasteiger partial charge in [-0.3, -0.25) is 0 Å². The topological polar surface area (TPSA) is 43.6 Å². The zero-order valence-corrected chi connectivity index (χ0v) is 11.8. The van der Waals surface area contributed by atoms with E-state index in [4.69, 9.17) is 13.9 Å². The van der Waals surface area contributed by atoms with Crippen molar-refractivity contribution < 1.29 is 13.9 Å². The quantitative estimate of drug-likeness (QED) is 0.653. The van der Waals surface area contributed by atoms with E-state index < -0.39 is 0 Å². The van der Waals surface area contributed by atoms with Crippen LogP contribution in [-0.2, 0) is 22.6 Å². The number of hydrogen-bond acceptors (Lipinski definition) is 4. The average Bonchev–Trinajstić information content (AvgIpc) is 2.70. The van der Waals surface area contributed by atoms with Crippen LogP contribution in [0.15, 0.2) is 10.5 Å². The Bertz CT molecular complexity index is 323. The summed E-state index contributed by atoms with van der Waals surface area (Å²) in [6.07, 6.45) is 2.28. The van der Waals surface area contributed by atoms with E-state index in [0.717, 1.165) is 31.1 Å². The number of unbranched alkanes of at least 4 members (excludes halogenated alkanes) is 1. The second-order valence-electron chi connectivity index (χ2n) is 4.34. The van der Waals surface area contributed by atoms with Gasteiger partial charge in [-0.1, -0.05) is 13.3 Å². The first-order valence-electron chi connectivity index (χ1n) is 6.66. The molecule has 104 valence electrons. The molecule has 0 aliphatic heterocycles. The predicted molar refractivity (Wildman–Crippen MR) is 71.6 cm³/mol. The monoisotopic (exact) mass is 255 g/mol. The van der Waals surface area contributed by atoms with Gasteiger partial charge in [0.1, 0.15) is 18.1 Å². The molecular weight excluding hydrogens is 230 g/mol. The molecule has 0 saturated heterocycles. The first-order valence-corrected chi connectivity index (χ1v) is 6.66. The lowest BCUT2D eigenvalue weighted by Gasteiger charge is -2.03. The van der Waals surface area contributed by atoms with Crippen molar-refractivity contribution >= 4 is 0 Å². The Morgan fingerprint density at radius 1 is 1.22 bits per heavy atom. The van der Waals surface area contributed by atoms with Gasteiger partial charge >= 0.3 is 0 Å². The summed E-state index contributed by atoms with van der Waals surface area (Å²) in [5.74, 6) is 1.84. The number of aryl methyl sites for hydroxylation is 1. The fourth-order valence-electron chi connectivity index (χ4n) is 1.66. The van der Waals surface area contributed by atoms with E-state index in [0.29, 0.717) is 19.8 Å². The van der Waals surface area contributed by atoms with Crippen molar-refractivity contribution in [3.63, 3.8) is 0 Å². The molecule has 1 rings (SSSR count). The third-order valence-corrected chi connectivity index (χ3v) is 2.70. The largest absolute Gasteiger partial charge is 0.464 e. The van der Waals surface area contributed by atoms with E-state index >= 15 is 0 Å². The van der Waals surface area contributed by atoms with Crippen molar-refractivity contribution in [1.29, 1.82) is 0 Å². The van der Waals surface area contributed by atoms with Crippen LogP contribution in [0.5, 0.6) is 0 Å². The maximum absolute atomic E-state index is 5.61. The van der Waals surface area contributed by atoms with Crippen molar-refractivity contribution in [2.75, 3.05) is 26.9 Å². The highest BCUT2D eigenvalue weighted by molar-refractivity contribution is 5.20. The van der Waals surface area contributed by atoms with Gasteiger partial charge < -0.3 is 19.2 Å². The van der Waals surface area contributed by atoms with E-state index in [-0.39, 0.29) is 0 Å². The van der Waals surface area contributed by atoms with Crippen molar-refractivity contribution in [3.05, 3.63) is 23.2 Å². The Kier molecular flexibility index (Phi) is 7.73. The molecular formula is C14H25NO3. The Labute approximate surface area is 110 Å². The lowest BCUT2D eigenvalue weighted by molar-refractivity contribution is 0.0337. The van der Waals surface area contributed by atoms with Gasteiger partial charge in [-0.15, -0.1) is 0 Å². The van der Waals surface area contributed by atoms with Crippen molar-refractivity contribution in [2.24, 2.45) is 0 Å². The van der Waals surface area contributed by atoms with Gasteiger partial charge in [0.25, 0.3) is 0 Å². The predicted octanol–water partition coefficient (Wildman–Crippen LogP) is 2.64. The molecule has 0 aliphatic carbocycles. The molecule has 0 atom stereocenters. The van der Waals surface area contributed by atoms with Gasteiger partial charge in [0.15, 0.2) is 0 Å². The van der Waals surface area contributed by atoms with E-state index in [1.807, 2.05) is 20.0 Å². The number of furan rings is 1. The summed E-state index contributed by atoms with van der Waals surface area (Å²) in [5.41, 5.74) is 1.19. The standard InChI is InChI=1S/C14H25NO3/c1-4-5-6-16-7-8-17-11-14-9-13(10-15-3)12(2)18-14/h9,15H,4-8,10-11H2,1-3H3. The van der Waals surface area contributed by atoms with E-state index in [2.05, 4.69) is 12.2 Å². The molecule has 4 heteroatoms. The van der Waals surface area contributed by atoms with Crippen LogP contribution in [-0.4, -0.2) is 26.9 Å². The Balaban J connectivity index is 2.13. The van der Waals surface area contributed by atoms with Crippen LogP contribution in [0.3, 0.4) is 0 Å². The van der Waals surface area contributed by atoms with Gasteiger partial charge in [0, 0.05) is 18.7 Å². The first kappa shape index (κ1) is 15.2. The van der Waals surface area contributed by atoms with Crippen LogP contribution in [0, 0.1) is 6.92 Å². The Morgan fingerprint density at radius 2 is 2.00 bits per heavy atom. The van der Waals surface area contributed by atoms with Crippen molar-refractivity contribution in [2.45, 2.75) is 39.8 Å². The van der Waals surface area contributed by atoms with Gasteiger partial charge in [0.2, 0.25) is 0 Å². The van der Waals surface area contributed by atoms with Crippen molar-refractivity contribution in [3.8, 4) is 0 Å². The number of nitrogens with one attached hydrogen (secondary N) is 1. The molecule has 0 bridgehead atoms. The Hall–Kier alpha value is -0.840. The Morgan fingerprint density at radius 3 is 2.72 bits per heavy atom. The lowest BCUT2D eigenvalue weighted by Crippen LogP contribution is -2.05. The normalized spacial score (nSPS) is 11.1. The summed E-state index contributed by atoms with van der Waals surface area (Å²) in [6.45, 7) is 7.57. The fourth-order valence-corrected chi connectivity index (χ4v) is 1.66. The van der Waals surface area contributed by atoms with Gasteiger partial charge in [-0.05, 0) is 26.5 Å². The lowest BCUT2D eigenvalue weighted by atomic mass is 10.2. The summed E-state index contributed by atoms with van der Waals surface area (Å²) < 4.78 is 16.5. The minimum Gasteiger partial charge on any atom is -0.464 e. The summed E-state index contributed by atoms with van der Waals surface area (Å²) in [5, 5.41) is 3.11. The minimum atomic E-state index is 0.516. The molecule has 1 heterocycles. The van der Waals surface area contributed by atoms with Crippen LogP contribution >= 0.6 is 0 Å². The van der Waals surface area contributed by atoms with Crippen LogP contribution in [0.25, 0.3) is 0 Å². The zero-order valence-electron chi connectivity index (χ0n) is 11.8. The van der Waals surface area contributed by atoms with Crippen LogP contribution in [0.4, 0.5) is 0 Å². The molecule has 1 aromatic heterocycles. The highest BCUT2D eigenvalue weighted by Crippen LogP contribution is 2.15. The number of hydrogen-bond donors (Lipinski definition) is 1. The molecule has 0 spiro atoms. The second-order valence-corrected chi connectivity index (χ2v) is 4.34. The molecule has 0 fully saturated rings. The highest BCUT2D eigenvalue weighted by Gasteiger charge is 2.06. The minimum absolute atomic E-state index is 0.516. The van der Waals surface area contributed by atoms with E-state index in [9.17, 15) is 0 Å². The molecule has 0 saturated carbocycles. The van der Waals surface area contributed by atoms with Crippen LogP contribution < -0.4 is 5.32 Å². The summed E-state index contributed by atoms with van der Waals surface area (Å²) >= 11 is 0. The molecule has 0 radical (unpaired) electrons. The SMILES string of the molecule is CCCCOCCOCc1cc(CNC)c(C)o1. The highest BCUT2D eigenvalue weighted by atomic mass is 16.5. The number of rotatable bonds is 10. The summed E-state index contributed by atoms with van der Waals surface area (Å²) in [7, 11) is 1.93. The third kappa shape index (κ3) is 5.67. The molecule has 0 aliphatic rings. The third-order valence-electron chi connectivity index (χ3n) is 2.70. The molecule has 4 nitrogen and oxygen atoms in total. The maximum Gasteiger partial charge on any atom is 0.130 e. The van der Waals surface area contributed by atoms with E-state index in [1.54, 1.807) is 0 Å². The zero-order chi connectivity index (χ0) is 13.2. The van der Waals surface area contributed by atoms with E-state index in [1.165, 1.54) is 12.0 Å². The molecule has 0 unspecified atom stereocenters. The maximum atomic E-state index is 5.61. The summed E-state index contributed by atoms with van der Waals surface area (Å²) in [6, 6.07) is 2.05. The van der Waals surface area contributed by atoms with Crippen LogP contribution in [0.1, 0.15) is 36.8 Å². The van der Waals surface area contributed by atoms with Crippen LogP contribution in [0.2, 0.25) is 0 Å². The molecule has 18 heavy (non-hydrogen) atoms. The average molecular weight is 255 g/mol. The second kappa shape index (κ2) is 9.14. The fraction of sp³-hybridized carbons (Fsp3) is 0.714.